The van der Waals surface area contributed by atoms with Crippen LogP contribution in [0.2, 0.25) is 0 Å². The number of amides is 1. The van der Waals surface area contributed by atoms with Crippen molar-refractivity contribution in [2.75, 3.05) is 19.4 Å². The largest absolute Gasteiger partial charge is 0.351 e. The summed E-state index contributed by atoms with van der Waals surface area (Å²) in [4.78, 5) is 27.3. The topological polar surface area (TPSA) is 115 Å². The number of likely N-dealkylation sites (N-methyl/N-ethyl adjacent to an activating group) is 1. The van der Waals surface area contributed by atoms with E-state index in [9.17, 15) is 4.79 Å². The van der Waals surface area contributed by atoms with Gasteiger partial charge in [0.05, 0.1) is 17.2 Å². The first-order valence-corrected chi connectivity index (χ1v) is 12.7. The third-order valence-corrected chi connectivity index (χ3v) is 7.34. The molecule has 10 nitrogen and oxygen atoms in total. The molecule has 190 valence electrons. The van der Waals surface area contributed by atoms with Crippen LogP contribution in [-0.2, 0) is 16.8 Å². The molecule has 0 bridgehead atoms. The summed E-state index contributed by atoms with van der Waals surface area (Å²) in [5.74, 6) is 2.16. The number of aromatic nitrogens is 6. The highest BCUT2D eigenvalue weighted by Crippen LogP contribution is 2.50. The number of benzene rings is 1. The predicted molar refractivity (Wildman–Crippen MR) is 138 cm³/mol. The molecule has 3 heterocycles. The molecule has 4 aromatic rings. The molecule has 1 aromatic carbocycles. The van der Waals surface area contributed by atoms with Crippen molar-refractivity contribution in [1.82, 2.24) is 34.8 Å². The molecule has 2 aliphatic carbocycles. The van der Waals surface area contributed by atoms with Crippen molar-refractivity contribution < 1.29 is 9.32 Å². The molecule has 10 heteroatoms. The van der Waals surface area contributed by atoms with E-state index in [-0.39, 0.29) is 17.9 Å². The van der Waals surface area contributed by atoms with Crippen molar-refractivity contribution in [2.24, 2.45) is 5.92 Å². The number of nitrogens with one attached hydrogen (secondary N) is 1. The fourth-order valence-corrected chi connectivity index (χ4v) is 4.57. The molecule has 1 N–H and O–H groups in total. The Bertz CT molecular complexity index is 1400. The van der Waals surface area contributed by atoms with Crippen LogP contribution in [-0.4, -0.2) is 60.8 Å². The first kappa shape index (κ1) is 23.3. The van der Waals surface area contributed by atoms with Crippen LogP contribution in [0.4, 0.5) is 5.95 Å². The molecule has 2 fully saturated rings. The average Bonchev–Trinajstić information content (AvgIpc) is 3.82. The first-order chi connectivity index (χ1) is 17.9. The average molecular weight is 499 g/mol. The van der Waals surface area contributed by atoms with Crippen LogP contribution < -0.4 is 5.32 Å². The van der Waals surface area contributed by atoms with Crippen LogP contribution in [0.5, 0.6) is 0 Å². The Hall–Kier alpha value is -4.08. The standard InChI is InChI=1S/C27H30N8O2/c1-27(21-8-9-21,25-32-24(37-33-25)19-14-30-35(15-19)16-23(36)34(2)3)20-6-4-17(5-7-20)18-12-28-26(29-13-18)31-22-10-11-22/h4-7,12-15,21-22H,8-11,16H2,1-3H3,(H,28,29,31). The van der Waals surface area contributed by atoms with Crippen molar-refractivity contribution in [1.29, 1.82) is 0 Å². The molecule has 1 unspecified atom stereocenters. The summed E-state index contributed by atoms with van der Waals surface area (Å²) in [6, 6.07) is 9.03. The Balaban J connectivity index is 1.22. The van der Waals surface area contributed by atoms with Crippen LogP contribution in [0.1, 0.15) is 44.0 Å². The van der Waals surface area contributed by atoms with Gasteiger partial charge in [-0.25, -0.2) is 9.97 Å². The van der Waals surface area contributed by atoms with Gasteiger partial charge in [0.1, 0.15) is 6.54 Å². The van der Waals surface area contributed by atoms with Gasteiger partial charge in [-0.15, -0.1) is 0 Å². The van der Waals surface area contributed by atoms with Crippen molar-refractivity contribution >= 4 is 11.9 Å². The molecule has 6 rings (SSSR count). The van der Waals surface area contributed by atoms with Crippen molar-refractivity contribution in [3.8, 4) is 22.6 Å². The molecule has 3 aromatic heterocycles. The molecule has 0 saturated heterocycles. The van der Waals surface area contributed by atoms with E-state index in [0.717, 1.165) is 29.5 Å². The number of rotatable bonds is 9. The minimum atomic E-state index is -0.369. The maximum absolute atomic E-state index is 12.0. The van der Waals surface area contributed by atoms with Crippen molar-refractivity contribution in [2.45, 2.75) is 50.6 Å². The Morgan fingerprint density at radius 3 is 2.43 bits per heavy atom. The van der Waals surface area contributed by atoms with Crippen molar-refractivity contribution in [3.63, 3.8) is 0 Å². The zero-order valence-corrected chi connectivity index (χ0v) is 21.3. The Labute approximate surface area is 215 Å². The summed E-state index contributed by atoms with van der Waals surface area (Å²) in [6.07, 6.45) is 11.8. The Morgan fingerprint density at radius 2 is 1.78 bits per heavy atom. The summed E-state index contributed by atoms with van der Waals surface area (Å²) >= 11 is 0. The fraction of sp³-hybridized carbons (Fsp3) is 0.407. The highest BCUT2D eigenvalue weighted by Gasteiger charge is 2.47. The predicted octanol–water partition coefficient (Wildman–Crippen LogP) is 3.77. The summed E-state index contributed by atoms with van der Waals surface area (Å²) < 4.78 is 7.25. The van der Waals surface area contributed by atoms with E-state index < -0.39 is 0 Å². The lowest BCUT2D eigenvalue weighted by atomic mass is 9.77. The monoisotopic (exact) mass is 498 g/mol. The van der Waals surface area contributed by atoms with E-state index in [4.69, 9.17) is 9.51 Å². The molecule has 1 atom stereocenters. The van der Waals surface area contributed by atoms with Gasteiger partial charge in [-0.3, -0.25) is 9.48 Å². The lowest BCUT2D eigenvalue weighted by Gasteiger charge is -2.27. The molecule has 1 amide bonds. The first-order valence-electron chi connectivity index (χ1n) is 12.7. The molecular formula is C27H30N8O2. The lowest BCUT2D eigenvalue weighted by Crippen LogP contribution is -2.28. The molecule has 37 heavy (non-hydrogen) atoms. The number of hydrogen-bond acceptors (Lipinski definition) is 8. The zero-order valence-electron chi connectivity index (χ0n) is 21.3. The van der Waals surface area contributed by atoms with E-state index in [1.54, 1.807) is 31.2 Å². The van der Waals surface area contributed by atoms with Gasteiger partial charge in [0, 0.05) is 44.3 Å². The number of hydrogen-bond donors (Lipinski definition) is 1. The summed E-state index contributed by atoms with van der Waals surface area (Å²) in [7, 11) is 3.44. The van der Waals surface area contributed by atoms with Crippen molar-refractivity contribution in [3.05, 3.63) is 60.4 Å². The molecule has 0 radical (unpaired) electrons. The highest BCUT2D eigenvalue weighted by atomic mass is 16.5. The van der Waals surface area contributed by atoms with Crippen LogP contribution in [0.3, 0.4) is 0 Å². The maximum atomic E-state index is 12.0. The van der Waals surface area contributed by atoms with E-state index in [0.29, 0.717) is 35.2 Å². The molecule has 2 saturated carbocycles. The Morgan fingerprint density at radius 1 is 1.05 bits per heavy atom. The van der Waals surface area contributed by atoms with Crippen LogP contribution in [0.25, 0.3) is 22.6 Å². The van der Waals surface area contributed by atoms with Gasteiger partial charge < -0.3 is 14.7 Å². The summed E-state index contributed by atoms with van der Waals surface area (Å²) in [5, 5.41) is 12.0. The van der Waals surface area contributed by atoms with E-state index in [1.165, 1.54) is 17.7 Å². The number of carbonyl (C=O) groups excluding carboxylic acids is 1. The number of nitrogens with zero attached hydrogens (tertiary/aromatic N) is 7. The smallest absolute Gasteiger partial charge is 0.261 e. The van der Waals surface area contributed by atoms with E-state index in [2.05, 4.69) is 56.7 Å². The number of anilines is 1. The van der Waals surface area contributed by atoms with Crippen LogP contribution in [0, 0.1) is 5.92 Å². The van der Waals surface area contributed by atoms with Gasteiger partial charge in [-0.1, -0.05) is 29.4 Å². The van der Waals surface area contributed by atoms with Gasteiger partial charge in [0.15, 0.2) is 5.82 Å². The highest BCUT2D eigenvalue weighted by molar-refractivity contribution is 5.75. The Kier molecular flexibility index (Phi) is 5.73. The van der Waals surface area contributed by atoms with Crippen LogP contribution >= 0.6 is 0 Å². The number of carbonyl (C=O) groups is 1. The normalized spacial score (nSPS) is 16.8. The third-order valence-electron chi connectivity index (χ3n) is 7.34. The second kappa shape index (κ2) is 9.10. The zero-order chi connectivity index (χ0) is 25.6. The van der Waals surface area contributed by atoms with E-state index in [1.807, 2.05) is 12.4 Å². The summed E-state index contributed by atoms with van der Waals surface area (Å²) in [6.45, 7) is 2.35. The quantitative estimate of drug-likeness (QED) is 0.371. The second-order valence-corrected chi connectivity index (χ2v) is 10.4. The van der Waals surface area contributed by atoms with Gasteiger partial charge in [-0.05, 0) is 49.7 Å². The fourth-order valence-electron chi connectivity index (χ4n) is 4.57. The molecular weight excluding hydrogens is 468 g/mol. The summed E-state index contributed by atoms with van der Waals surface area (Å²) in [5.41, 5.74) is 3.51. The molecule has 0 aliphatic heterocycles. The van der Waals surface area contributed by atoms with E-state index >= 15 is 0 Å². The third kappa shape index (κ3) is 4.71. The lowest BCUT2D eigenvalue weighted by molar-refractivity contribution is -0.129. The SMILES string of the molecule is CN(C)C(=O)Cn1cc(-c2nc(C(C)(c3ccc(-c4cnc(NC5CC5)nc4)cc3)C3CC3)no2)cn1. The van der Waals surface area contributed by atoms with Crippen LogP contribution in [0.15, 0.2) is 53.6 Å². The maximum Gasteiger partial charge on any atom is 0.261 e. The van der Waals surface area contributed by atoms with Gasteiger partial charge in [-0.2, -0.15) is 10.1 Å². The van der Waals surface area contributed by atoms with Gasteiger partial charge in [0.2, 0.25) is 11.9 Å². The molecule has 2 aliphatic rings. The minimum Gasteiger partial charge on any atom is -0.351 e. The van der Waals surface area contributed by atoms with Gasteiger partial charge >= 0.3 is 0 Å². The van der Waals surface area contributed by atoms with Gasteiger partial charge in [0.25, 0.3) is 5.89 Å². The minimum absolute atomic E-state index is 0.0388. The second-order valence-electron chi connectivity index (χ2n) is 10.4. The molecule has 0 spiro atoms.